The average Bonchev–Trinajstić information content (AvgIpc) is 2.48. The highest BCUT2D eigenvalue weighted by atomic mass is 16.2. The van der Waals surface area contributed by atoms with Gasteiger partial charge in [0.1, 0.15) is 11.4 Å². The van der Waals surface area contributed by atoms with Crippen LogP contribution in [-0.4, -0.2) is 39.5 Å². The summed E-state index contributed by atoms with van der Waals surface area (Å²) in [4.78, 5) is 39.4. The van der Waals surface area contributed by atoms with E-state index < -0.39 is 11.2 Å². The first-order valence-electron chi connectivity index (χ1n) is 8.61. The van der Waals surface area contributed by atoms with Crippen LogP contribution in [0.2, 0.25) is 0 Å². The normalized spacial score (nSPS) is 21.8. The zero-order valence-electron chi connectivity index (χ0n) is 15.0. The number of carbonyl (C=O) groups is 1. The topological polar surface area (TPSA) is 90.3 Å². The summed E-state index contributed by atoms with van der Waals surface area (Å²) in [5.74, 6) is 0.735. The van der Waals surface area contributed by atoms with E-state index >= 15 is 0 Å². The zero-order chi connectivity index (χ0) is 18.0. The van der Waals surface area contributed by atoms with Gasteiger partial charge >= 0.3 is 5.69 Å². The van der Waals surface area contributed by atoms with Gasteiger partial charge in [-0.2, -0.15) is 0 Å². The third kappa shape index (κ3) is 3.61. The smallest absolute Gasteiger partial charge is 0.332 e. The Labute approximate surface area is 142 Å². The minimum atomic E-state index is -0.604. The molecule has 1 aliphatic rings. The van der Waals surface area contributed by atoms with E-state index in [2.05, 4.69) is 18.7 Å². The van der Waals surface area contributed by atoms with Crippen molar-refractivity contribution in [3.8, 4) is 0 Å². The predicted molar refractivity (Wildman–Crippen MR) is 94.4 cm³/mol. The molecule has 2 heterocycles. The quantitative estimate of drug-likeness (QED) is 0.799. The van der Waals surface area contributed by atoms with Gasteiger partial charge in [0.05, 0.1) is 6.54 Å². The number of hydrogen-bond donors (Lipinski definition) is 1. The molecule has 24 heavy (non-hydrogen) atoms. The lowest BCUT2D eigenvalue weighted by molar-refractivity contribution is 0.0847. The largest absolute Gasteiger partial charge is 0.384 e. The van der Waals surface area contributed by atoms with Crippen LogP contribution in [0.25, 0.3) is 0 Å². The van der Waals surface area contributed by atoms with Crippen molar-refractivity contribution in [1.82, 2.24) is 14.0 Å². The maximum atomic E-state index is 12.7. The van der Waals surface area contributed by atoms with Crippen LogP contribution in [-0.2, 0) is 13.6 Å². The van der Waals surface area contributed by atoms with E-state index in [0.717, 1.165) is 24.1 Å². The second-order valence-corrected chi connectivity index (χ2v) is 7.12. The molecule has 1 saturated heterocycles. The van der Waals surface area contributed by atoms with E-state index in [-0.39, 0.29) is 23.7 Å². The van der Waals surface area contributed by atoms with Crippen molar-refractivity contribution in [2.24, 2.45) is 18.9 Å². The van der Waals surface area contributed by atoms with E-state index in [4.69, 9.17) is 5.73 Å². The number of nitrogen functional groups attached to an aromatic ring is 1. The Hall–Kier alpha value is -1.89. The Bertz CT molecular complexity index is 725. The first-order chi connectivity index (χ1) is 11.3. The Kier molecular flexibility index (Phi) is 5.64. The second-order valence-electron chi connectivity index (χ2n) is 7.12. The number of anilines is 1. The molecule has 0 unspecified atom stereocenters. The highest BCUT2D eigenvalue weighted by Gasteiger charge is 2.27. The molecule has 1 fully saturated rings. The van der Waals surface area contributed by atoms with Crippen LogP contribution in [0.1, 0.15) is 44.0 Å². The van der Waals surface area contributed by atoms with Crippen molar-refractivity contribution >= 4 is 11.6 Å². The molecule has 0 aromatic carbocycles. The summed E-state index contributed by atoms with van der Waals surface area (Å²) in [6, 6.07) is 0. The number of Topliss-reactive ketones (excluding diaryl/α,β-unsaturated/α-hetero) is 1. The molecule has 0 saturated carbocycles. The van der Waals surface area contributed by atoms with Crippen LogP contribution in [0.4, 0.5) is 5.82 Å². The van der Waals surface area contributed by atoms with Crippen LogP contribution in [0, 0.1) is 11.8 Å². The molecular weight excluding hydrogens is 308 g/mol. The molecule has 0 spiro atoms. The highest BCUT2D eigenvalue weighted by molar-refractivity contribution is 6.01. The molecule has 1 aliphatic heterocycles. The van der Waals surface area contributed by atoms with Crippen molar-refractivity contribution in [3.05, 3.63) is 26.4 Å². The number of likely N-dealkylation sites (tertiary alicyclic amines) is 1. The number of nitrogens with zero attached hydrogens (tertiary/aromatic N) is 3. The van der Waals surface area contributed by atoms with Crippen LogP contribution in [0.15, 0.2) is 9.59 Å². The van der Waals surface area contributed by atoms with Crippen molar-refractivity contribution in [3.63, 3.8) is 0 Å². The van der Waals surface area contributed by atoms with Gasteiger partial charge in [0.2, 0.25) is 0 Å². The standard InChI is InChI=1S/C17H28N4O3/c1-5-6-21-15(18)14(16(23)19(4)17(21)24)13(22)10-20-8-11(2)7-12(3)9-20/h11-12H,5-10,18H2,1-4H3/t11-,12+. The summed E-state index contributed by atoms with van der Waals surface area (Å²) in [5.41, 5.74) is 4.87. The molecule has 134 valence electrons. The van der Waals surface area contributed by atoms with Gasteiger partial charge in [-0.15, -0.1) is 0 Å². The Morgan fingerprint density at radius 3 is 2.33 bits per heavy atom. The van der Waals surface area contributed by atoms with Crippen molar-refractivity contribution in [1.29, 1.82) is 0 Å². The van der Waals surface area contributed by atoms with Gasteiger partial charge in [-0.1, -0.05) is 20.8 Å². The number of nitrogens with two attached hydrogens (primary N) is 1. The summed E-state index contributed by atoms with van der Waals surface area (Å²) in [5, 5.41) is 0. The zero-order valence-corrected chi connectivity index (χ0v) is 15.0. The molecular formula is C17H28N4O3. The maximum absolute atomic E-state index is 12.7. The van der Waals surface area contributed by atoms with Crippen molar-refractivity contribution < 1.29 is 4.79 Å². The minimum Gasteiger partial charge on any atom is -0.384 e. The maximum Gasteiger partial charge on any atom is 0.332 e. The minimum absolute atomic E-state index is 0.00643. The summed E-state index contributed by atoms with van der Waals surface area (Å²) in [6.45, 7) is 8.48. The second kappa shape index (κ2) is 7.34. The predicted octanol–water partition coefficient (Wildman–Crippen LogP) is 0.700. The molecule has 0 bridgehead atoms. The lowest BCUT2D eigenvalue weighted by atomic mass is 9.91. The highest BCUT2D eigenvalue weighted by Crippen LogP contribution is 2.21. The van der Waals surface area contributed by atoms with E-state index in [1.54, 1.807) is 0 Å². The van der Waals surface area contributed by atoms with Gasteiger partial charge in [0.15, 0.2) is 5.78 Å². The molecule has 2 atom stereocenters. The number of piperidine rings is 1. The SMILES string of the molecule is CCCn1c(N)c(C(=O)CN2C[C@H](C)C[C@H](C)C2)c(=O)n(C)c1=O. The van der Waals surface area contributed by atoms with E-state index in [1.807, 2.05) is 6.92 Å². The summed E-state index contributed by atoms with van der Waals surface area (Å²) in [7, 11) is 1.39. The molecule has 0 radical (unpaired) electrons. The van der Waals surface area contributed by atoms with Crippen molar-refractivity contribution in [2.45, 2.75) is 40.2 Å². The van der Waals surface area contributed by atoms with Gasteiger partial charge in [0.25, 0.3) is 5.56 Å². The third-order valence-corrected chi connectivity index (χ3v) is 4.62. The first kappa shape index (κ1) is 18.4. The van der Waals surface area contributed by atoms with Gasteiger partial charge in [-0.05, 0) is 24.7 Å². The van der Waals surface area contributed by atoms with Gasteiger partial charge in [-0.3, -0.25) is 23.6 Å². The Morgan fingerprint density at radius 2 is 1.79 bits per heavy atom. The summed E-state index contributed by atoms with van der Waals surface area (Å²) in [6.07, 6.45) is 1.84. The Balaban J connectivity index is 2.35. The lowest BCUT2D eigenvalue weighted by Crippen LogP contribution is -2.46. The number of aromatic nitrogens is 2. The van der Waals surface area contributed by atoms with Crippen LogP contribution >= 0.6 is 0 Å². The van der Waals surface area contributed by atoms with Crippen LogP contribution < -0.4 is 17.0 Å². The molecule has 1 aromatic rings. The number of ketones is 1. The molecule has 7 nitrogen and oxygen atoms in total. The third-order valence-electron chi connectivity index (χ3n) is 4.62. The van der Waals surface area contributed by atoms with Gasteiger partial charge in [-0.25, -0.2) is 4.79 Å². The van der Waals surface area contributed by atoms with E-state index in [1.165, 1.54) is 11.6 Å². The van der Waals surface area contributed by atoms with Gasteiger partial charge in [0, 0.05) is 26.7 Å². The average molecular weight is 336 g/mol. The van der Waals surface area contributed by atoms with E-state index in [9.17, 15) is 14.4 Å². The van der Waals surface area contributed by atoms with E-state index in [0.29, 0.717) is 24.8 Å². The molecule has 2 rings (SSSR count). The summed E-state index contributed by atoms with van der Waals surface area (Å²) < 4.78 is 2.29. The van der Waals surface area contributed by atoms with Crippen LogP contribution in [0.3, 0.4) is 0 Å². The molecule has 0 amide bonds. The molecule has 7 heteroatoms. The molecule has 1 aromatic heterocycles. The van der Waals surface area contributed by atoms with Crippen molar-refractivity contribution in [2.75, 3.05) is 25.4 Å². The number of hydrogen-bond acceptors (Lipinski definition) is 5. The lowest BCUT2D eigenvalue weighted by Gasteiger charge is -2.34. The Morgan fingerprint density at radius 1 is 1.21 bits per heavy atom. The molecule has 2 N–H and O–H groups in total. The monoisotopic (exact) mass is 336 g/mol. The first-order valence-corrected chi connectivity index (χ1v) is 8.61. The molecule has 0 aliphatic carbocycles. The van der Waals surface area contributed by atoms with Gasteiger partial charge < -0.3 is 5.73 Å². The number of rotatable bonds is 5. The fraction of sp³-hybridized carbons (Fsp3) is 0.706. The fourth-order valence-corrected chi connectivity index (χ4v) is 3.69. The fourth-order valence-electron chi connectivity index (χ4n) is 3.69. The van der Waals surface area contributed by atoms with Crippen LogP contribution in [0.5, 0.6) is 0 Å². The summed E-state index contributed by atoms with van der Waals surface area (Å²) >= 11 is 0. The number of carbonyl (C=O) groups excluding carboxylic acids is 1.